The second kappa shape index (κ2) is 7.92. The van der Waals surface area contributed by atoms with Gasteiger partial charge in [-0.25, -0.2) is 17.8 Å². The summed E-state index contributed by atoms with van der Waals surface area (Å²) in [5.74, 6) is -0.150. The number of hydrogen-bond donors (Lipinski definition) is 0. The number of piperidine rings is 1. The molecule has 0 radical (unpaired) electrons. The summed E-state index contributed by atoms with van der Waals surface area (Å²) in [6, 6.07) is 10.8. The SMILES string of the molecule is CC(C)c1ccc(S(=O)(=O)N2CCC(n3cnc4ccc(F)cc4c3=O)CC2)cc1. The second-order valence-corrected chi connectivity index (χ2v) is 9.92. The van der Waals surface area contributed by atoms with Gasteiger partial charge in [-0.3, -0.25) is 9.36 Å². The van der Waals surface area contributed by atoms with Crippen molar-refractivity contribution < 1.29 is 12.8 Å². The first-order chi connectivity index (χ1) is 14.3. The minimum absolute atomic E-state index is 0.174. The molecule has 30 heavy (non-hydrogen) atoms. The molecule has 0 aliphatic carbocycles. The predicted octanol–water partition coefficient (Wildman–Crippen LogP) is 3.68. The summed E-state index contributed by atoms with van der Waals surface area (Å²) in [7, 11) is -3.58. The molecule has 4 rings (SSSR count). The first-order valence-corrected chi connectivity index (χ1v) is 11.5. The van der Waals surface area contributed by atoms with Crippen LogP contribution >= 0.6 is 0 Å². The van der Waals surface area contributed by atoms with Gasteiger partial charge >= 0.3 is 0 Å². The first kappa shape index (κ1) is 20.7. The van der Waals surface area contributed by atoms with Crippen LogP contribution in [0.1, 0.15) is 44.2 Å². The zero-order valence-corrected chi connectivity index (χ0v) is 17.8. The fourth-order valence-electron chi connectivity index (χ4n) is 3.90. The van der Waals surface area contributed by atoms with Gasteiger partial charge < -0.3 is 0 Å². The van der Waals surface area contributed by atoms with Crippen LogP contribution in [0.2, 0.25) is 0 Å². The molecular formula is C22H24FN3O3S. The van der Waals surface area contributed by atoms with Crippen LogP contribution in [-0.4, -0.2) is 35.4 Å². The van der Waals surface area contributed by atoms with E-state index in [2.05, 4.69) is 18.8 Å². The Kier molecular flexibility index (Phi) is 5.46. The first-order valence-electron chi connectivity index (χ1n) is 10.0. The Balaban J connectivity index is 1.53. The van der Waals surface area contributed by atoms with Crippen LogP contribution in [-0.2, 0) is 10.0 Å². The highest BCUT2D eigenvalue weighted by Gasteiger charge is 2.30. The molecule has 0 unspecified atom stereocenters. The van der Waals surface area contributed by atoms with E-state index in [9.17, 15) is 17.6 Å². The molecule has 0 amide bonds. The number of halogens is 1. The molecule has 0 N–H and O–H groups in total. The molecule has 1 aliphatic rings. The lowest BCUT2D eigenvalue weighted by Gasteiger charge is -2.32. The van der Waals surface area contributed by atoms with Crippen LogP contribution in [0.3, 0.4) is 0 Å². The smallest absolute Gasteiger partial charge is 0.261 e. The van der Waals surface area contributed by atoms with Crippen molar-refractivity contribution in [2.75, 3.05) is 13.1 Å². The van der Waals surface area contributed by atoms with Crippen LogP contribution in [0, 0.1) is 5.82 Å². The predicted molar refractivity (Wildman–Crippen MR) is 114 cm³/mol. The molecule has 3 aromatic rings. The zero-order chi connectivity index (χ0) is 21.5. The minimum Gasteiger partial charge on any atom is -0.296 e. The van der Waals surface area contributed by atoms with Gasteiger partial charge in [-0.1, -0.05) is 26.0 Å². The minimum atomic E-state index is -3.58. The van der Waals surface area contributed by atoms with E-state index in [1.165, 1.54) is 33.4 Å². The third kappa shape index (κ3) is 3.77. The van der Waals surface area contributed by atoms with Gasteiger partial charge in [-0.2, -0.15) is 4.31 Å². The van der Waals surface area contributed by atoms with E-state index in [0.29, 0.717) is 37.4 Å². The number of fused-ring (bicyclic) bond motifs is 1. The lowest BCUT2D eigenvalue weighted by Crippen LogP contribution is -2.40. The number of benzene rings is 2. The standard InChI is InChI=1S/C22H24FN3O3S/c1-15(2)16-3-6-19(7-4-16)30(28,29)25-11-9-18(10-12-25)26-14-24-21-8-5-17(23)13-20(21)22(26)27/h3-8,13-15,18H,9-12H2,1-2H3. The highest BCUT2D eigenvalue weighted by Crippen LogP contribution is 2.27. The molecule has 0 atom stereocenters. The maximum absolute atomic E-state index is 13.6. The van der Waals surface area contributed by atoms with E-state index in [0.717, 1.165) is 5.56 Å². The largest absolute Gasteiger partial charge is 0.296 e. The van der Waals surface area contributed by atoms with Crippen molar-refractivity contribution in [3.8, 4) is 0 Å². The van der Waals surface area contributed by atoms with Crippen molar-refractivity contribution in [2.45, 2.75) is 43.5 Å². The Hall–Kier alpha value is -2.58. The molecule has 0 bridgehead atoms. The fourth-order valence-corrected chi connectivity index (χ4v) is 5.37. The number of hydrogen-bond acceptors (Lipinski definition) is 4. The van der Waals surface area contributed by atoms with Crippen molar-refractivity contribution in [1.29, 1.82) is 0 Å². The molecule has 1 aliphatic heterocycles. The average molecular weight is 430 g/mol. The van der Waals surface area contributed by atoms with Crippen molar-refractivity contribution in [2.24, 2.45) is 0 Å². The molecule has 1 aromatic heterocycles. The summed E-state index contributed by atoms with van der Waals surface area (Å²) < 4.78 is 42.5. The summed E-state index contributed by atoms with van der Waals surface area (Å²) >= 11 is 0. The van der Waals surface area contributed by atoms with Crippen molar-refractivity contribution in [1.82, 2.24) is 13.9 Å². The Labute approximate surface area is 175 Å². The Bertz CT molecular complexity index is 1230. The molecule has 158 valence electrons. The highest BCUT2D eigenvalue weighted by molar-refractivity contribution is 7.89. The van der Waals surface area contributed by atoms with Crippen molar-refractivity contribution in [3.05, 3.63) is 70.5 Å². The van der Waals surface area contributed by atoms with Gasteiger partial charge in [-0.15, -0.1) is 0 Å². The molecule has 8 heteroatoms. The van der Waals surface area contributed by atoms with Gasteiger partial charge in [0, 0.05) is 19.1 Å². The maximum atomic E-state index is 13.6. The van der Waals surface area contributed by atoms with Crippen LogP contribution in [0.25, 0.3) is 10.9 Å². The molecule has 2 heterocycles. The molecule has 6 nitrogen and oxygen atoms in total. The molecule has 1 saturated heterocycles. The molecular weight excluding hydrogens is 405 g/mol. The van der Waals surface area contributed by atoms with E-state index in [1.54, 1.807) is 12.1 Å². The highest BCUT2D eigenvalue weighted by atomic mass is 32.2. The Morgan fingerprint density at radius 3 is 2.37 bits per heavy atom. The monoisotopic (exact) mass is 429 g/mol. The lowest BCUT2D eigenvalue weighted by molar-refractivity contribution is 0.269. The summed E-state index contributed by atoms with van der Waals surface area (Å²) in [4.78, 5) is 17.3. The van der Waals surface area contributed by atoms with Gasteiger partial charge in [0.1, 0.15) is 5.82 Å². The van der Waals surface area contributed by atoms with Crippen molar-refractivity contribution in [3.63, 3.8) is 0 Å². The zero-order valence-electron chi connectivity index (χ0n) is 17.0. The van der Waals surface area contributed by atoms with E-state index >= 15 is 0 Å². The summed E-state index contributed by atoms with van der Waals surface area (Å²) in [6.07, 6.45) is 2.46. The molecule has 0 saturated carbocycles. The molecule has 2 aromatic carbocycles. The third-order valence-electron chi connectivity index (χ3n) is 5.75. The van der Waals surface area contributed by atoms with Gasteiger partial charge in [0.2, 0.25) is 10.0 Å². The van der Waals surface area contributed by atoms with E-state index in [-0.39, 0.29) is 21.9 Å². The third-order valence-corrected chi connectivity index (χ3v) is 7.66. The normalized spacial score (nSPS) is 16.4. The molecule has 1 fully saturated rings. The van der Waals surface area contributed by atoms with Crippen LogP contribution < -0.4 is 5.56 Å². The quantitative estimate of drug-likeness (QED) is 0.634. The van der Waals surface area contributed by atoms with Gasteiger partial charge in [0.15, 0.2) is 0 Å². The van der Waals surface area contributed by atoms with E-state index in [1.807, 2.05) is 12.1 Å². The summed E-state index contributed by atoms with van der Waals surface area (Å²) in [6.45, 7) is 4.75. The van der Waals surface area contributed by atoms with Crippen LogP contribution in [0.4, 0.5) is 4.39 Å². The number of nitrogens with zero attached hydrogens (tertiary/aromatic N) is 3. The van der Waals surface area contributed by atoms with Gasteiger partial charge in [0.05, 0.1) is 22.1 Å². The fraction of sp³-hybridized carbons (Fsp3) is 0.364. The topological polar surface area (TPSA) is 72.3 Å². The van der Waals surface area contributed by atoms with Crippen LogP contribution in [0.5, 0.6) is 0 Å². The number of aromatic nitrogens is 2. The van der Waals surface area contributed by atoms with E-state index < -0.39 is 15.8 Å². The molecule has 0 spiro atoms. The maximum Gasteiger partial charge on any atom is 0.261 e. The lowest BCUT2D eigenvalue weighted by atomic mass is 10.0. The Morgan fingerprint density at radius 1 is 1.07 bits per heavy atom. The number of rotatable bonds is 4. The summed E-state index contributed by atoms with van der Waals surface area (Å²) in [5.41, 5.74) is 1.24. The van der Waals surface area contributed by atoms with E-state index in [4.69, 9.17) is 0 Å². The van der Waals surface area contributed by atoms with Gasteiger partial charge in [-0.05, 0) is 54.7 Å². The Morgan fingerprint density at radius 2 is 1.73 bits per heavy atom. The number of sulfonamides is 1. The van der Waals surface area contributed by atoms with Crippen molar-refractivity contribution >= 4 is 20.9 Å². The van der Waals surface area contributed by atoms with Crippen LogP contribution in [0.15, 0.2) is 58.5 Å². The second-order valence-electron chi connectivity index (χ2n) is 7.98. The average Bonchev–Trinajstić information content (AvgIpc) is 2.74. The van der Waals surface area contributed by atoms with Gasteiger partial charge in [0.25, 0.3) is 5.56 Å². The summed E-state index contributed by atoms with van der Waals surface area (Å²) in [5, 5.41) is 0.234.